The van der Waals surface area contributed by atoms with Gasteiger partial charge in [0.2, 0.25) is 0 Å². The van der Waals surface area contributed by atoms with Gasteiger partial charge in [0.15, 0.2) is 0 Å². The van der Waals surface area contributed by atoms with Crippen molar-refractivity contribution >= 4 is 0 Å². The van der Waals surface area contributed by atoms with Crippen molar-refractivity contribution in [1.82, 2.24) is 0 Å². The fourth-order valence-electron chi connectivity index (χ4n) is 1.11. The molecule has 0 heterocycles. The maximum atomic E-state index is 3.21. The molecule has 1 aromatic carbocycles. The second-order valence-corrected chi connectivity index (χ2v) is 2.52. The van der Waals surface area contributed by atoms with Crippen molar-refractivity contribution in [2.75, 3.05) is 0 Å². The normalized spacial score (nSPS) is 8.70. The number of hydrogen-bond donors (Lipinski definition) is 0. The van der Waals surface area contributed by atoms with Gasteiger partial charge in [-0.3, -0.25) is 0 Å². The van der Waals surface area contributed by atoms with E-state index < -0.39 is 0 Å². The maximum absolute atomic E-state index is 3.21. The van der Waals surface area contributed by atoms with Crippen LogP contribution in [0.3, 0.4) is 0 Å². The van der Waals surface area contributed by atoms with Crippen molar-refractivity contribution in [3.8, 4) is 0 Å². The molecule has 0 saturated carbocycles. The first-order chi connectivity index (χ1) is 4.18. The van der Waals surface area contributed by atoms with Gasteiger partial charge in [-0.2, -0.15) is 34.9 Å². The summed E-state index contributed by atoms with van der Waals surface area (Å²) in [6.07, 6.45) is 0. The first-order valence-corrected chi connectivity index (χ1v) is 3.15. The topological polar surface area (TPSA) is 0 Å². The summed E-state index contributed by atoms with van der Waals surface area (Å²) in [5.41, 5.74) is 3.78. The van der Waals surface area contributed by atoms with Crippen LogP contribution in [0.15, 0.2) is 12.1 Å². The van der Waals surface area contributed by atoms with Crippen LogP contribution in [0.4, 0.5) is 0 Å². The van der Waals surface area contributed by atoms with Crippen LogP contribution < -0.4 is 29.6 Å². The molecule has 0 amide bonds. The molecule has 0 aromatic heterocycles. The Morgan fingerprint density at radius 2 is 1.40 bits per heavy atom. The molecule has 0 unspecified atom stereocenters. The van der Waals surface area contributed by atoms with E-state index in [1.165, 1.54) is 16.7 Å². The molecule has 1 aromatic rings. The summed E-state index contributed by atoms with van der Waals surface area (Å²) in [6.45, 7) is 6.24. The number of benzene rings is 1. The zero-order valence-electron chi connectivity index (χ0n) is 7.15. The standard InChI is InChI=1S/C9H11.Na/c1-7-4-8(2)6-9(3)5-7;/h4-5H,1-3H3;/q-1;+1. The summed E-state index contributed by atoms with van der Waals surface area (Å²) in [5.74, 6) is 0. The Morgan fingerprint density at radius 1 is 1.00 bits per heavy atom. The van der Waals surface area contributed by atoms with Crippen LogP contribution in [0.2, 0.25) is 0 Å². The molecule has 0 N–H and O–H groups in total. The fraction of sp³-hybridized carbons (Fsp3) is 0.333. The Bertz CT molecular complexity index is 165. The van der Waals surface area contributed by atoms with Crippen molar-refractivity contribution in [3.63, 3.8) is 0 Å². The zero-order valence-corrected chi connectivity index (χ0v) is 9.15. The van der Waals surface area contributed by atoms with E-state index in [0.717, 1.165) is 0 Å². The van der Waals surface area contributed by atoms with Crippen molar-refractivity contribution < 1.29 is 29.6 Å². The van der Waals surface area contributed by atoms with E-state index in [0.29, 0.717) is 0 Å². The Kier molecular flexibility index (Phi) is 4.26. The quantitative estimate of drug-likeness (QED) is 0.336. The molecular formula is C9H11Na. The van der Waals surface area contributed by atoms with Gasteiger partial charge in [0.25, 0.3) is 0 Å². The van der Waals surface area contributed by atoms with E-state index in [-0.39, 0.29) is 29.6 Å². The van der Waals surface area contributed by atoms with Gasteiger partial charge in [-0.1, -0.05) is 20.8 Å². The Morgan fingerprint density at radius 3 is 1.70 bits per heavy atom. The van der Waals surface area contributed by atoms with E-state index in [9.17, 15) is 0 Å². The molecule has 0 fully saturated rings. The van der Waals surface area contributed by atoms with Gasteiger partial charge in [0, 0.05) is 0 Å². The van der Waals surface area contributed by atoms with Crippen molar-refractivity contribution in [3.05, 3.63) is 34.9 Å². The van der Waals surface area contributed by atoms with Crippen LogP contribution >= 0.6 is 0 Å². The van der Waals surface area contributed by atoms with Gasteiger partial charge in [-0.05, 0) is 0 Å². The summed E-state index contributed by atoms with van der Waals surface area (Å²) in [6, 6.07) is 7.47. The van der Waals surface area contributed by atoms with Crippen molar-refractivity contribution in [2.24, 2.45) is 0 Å². The van der Waals surface area contributed by atoms with Gasteiger partial charge in [-0.25, -0.2) is 0 Å². The summed E-state index contributed by atoms with van der Waals surface area (Å²) in [5, 5.41) is 0. The van der Waals surface area contributed by atoms with Gasteiger partial charge < -0.3 is 0 Å². The van der Waals surface area contributed by atoms with E-state index >= 15 is 0 Å². The molecule has 0 aliphatic heterocycles. The minimum Gasteiger partial charge on any atom is -0.177 e. The monoisotopic (exact) mass is 142 g/mol. The van der Waals surface area contributed by atoms with E-state index in [4.69, 9.17) is 0 Å². The summed E-state index contributed by atoms with van der Waals surface area (Å²) >= 11 is 0. The largest absolute Gasteiger partial charge is 1.00 e. The molecule has 0 saturated heterocycles. The average Bonchev–Trinajstić information content (AvgIpc) is 1.59. The molecule has 0 spiro atoms. The SMILES string of the molecule is Cc1[c-]c(C)cc(C)c1.[Na+]. The van der Waals surface area contributed by atoms with Crippen LogP contribution in [0, 0.1) is 26.8 Å². The molecule has 0 bridgehead atoms. The van der Waals surface area contributed by atoms with Crippen LogP contribution in [-0.2, 0) is 0 Å². The Labute approximate surface area is 84.9 Å². The molecule has 1 rings (SSSR count). The van der Waals surface area contributed by atoms with Crippen LogP contribution in [-0.4, -0.2) is 0 Å². The summed E-state index contributed by atoms with van der Waals surface area (Å²) in [7, 11) is 0. The first-order valence-electron chi connectivity index (χ1n) is 3.15. The minimum absolute atomic E-state index is 0. The van der Waals surface area contributed by atoms with E-state index in [1.54, 1.807) is 0 Å². The van der Waals surface area contributed by atoms with Gasteiger partial charge in [0.05, 0.1) is 0 Å². The third-order valence-electron chi connectivity index (χ3n) is 1.28. The number of hydrogen-bond acceptors (Lipinski definition) is 0. The van der Waals surface area contributed by atoms with Gasteiger partial charge in [-0.15, -0.1) is 0 Å². The predicted octanol–water partition coefficient (Wildman–Crippen LogP) is -0.584. The van der Waals surface area contributed by atoms with Gasteiger partial charge >= 0.3 is 29.6 Å². The second kappa shape index (κ2) is 4.17. The molecular weight excluding hydrogens is 131 g/mol. The third kappa shape index (κ3) is 2.87. The van der Waals surface area contributed by atoms with Gasteiger partial charge in [0.1, 0.15) is 0 Å². The molecule has 0 atom stereocenters. The molecule has 0 nitrogen and oxygen atoms in total. The first kappa shape index (κ1) is 10.2. The molecule has 0 aliphatic carbocycles. The van der Waals surface area contributed by atoms with Crippen molar-refractivity contribution in [2.45, 2.75) is 20.8 Å². The molecule has 0 aliphatic rings. The molecule has 0 radical (unpaired) electrons. The van der Waals surface area contributed by atoms with Crippen molar-refractivity contribution in [1.29, 1.82) is 0 Å². The predicted molar refractivity (Wildman–Crippen MR) is 39.5 cm³/mol. The number of rotatable bonds is 0. The molecule has 1 heteroatoms. The summed E-state index contributed by atoms with van der Waals surface area (Å²) in [4.78, 5) is 0. The molecule has 48 valence electrons. The minimum atomic E-state index is 0. The smallest absolute Gasteiger partial charge is 0.177 e. The maximum Gasteiger partial charge on any atom is 1.00 e. The number of aryl methyl sites for hydroxylation is 3. The summed E-state index contributed by atoms with van der Waals surface area (Å²) < 4.78 is 0. The second-order valence-electron chi connectivity index (χ2n) is 2.52. The average molecular weight is 142 g/mol. The van der Waals surface area contributed by atoms with E-state index in [2.05, 4.69) is 39.0 Å². The van der Waals surface area contributed by atoms with Crippen LogP contribution in [0.5, 0.6) is 0 Å². The third-order valence-corrected chi connectivity index (χ3v) is 1.28. The Hall–Kier alpha value is 0.220. The zero-order chi connectivity index (χ0) is 6.85. The Balaban J connectivity index is 0.000000810. The fourth-order valence-corrected chi connectivity index (χ4v) is 1.11. The van der Waals surface area contributed by atoms with E-state index in [1.807, 2.05) is 0 Å². The molecule has 10 heavy (non-hydrogen) atoms. The van der Waals surface area contributed by atoms with Crippen LogP contribution in [0.25, 0.3) is 0 Å². The van der Waals surface area contributed by atoms with Crippen LogP contribution in [0.1, 0.15) is 16.7 Å².